The van der Waals surface area contributed by atoms with Gasteiger partial charge < -0.3 is 20.8 Å². The molecule has 0 bridgehead atoms. The maximum absolute atomic E-state index is 11.6. The van der Waals surface area contributed by atoms with E-state index in [1.165, 1.54) is 33.9 Å². The fraction of sp³-hybridized carbons (Fsp3) is 0.483. The van der Waals surface area contributed by atoms with Gasteiger partial charge in [-0.1, -0.05) is 45.6 Å². The van der Waals surface area contributed by atoms with Crippen molar-refractivity contribution in [1.29, 1.82) is 0 Å². The predicted octanol–water partition coefficient (Wildman–Crippen LogP) is 5.24. The van der Waals surface area contributed by atoms with Crippen LogP contribution in [0.3, 0.4) is 0 Å². The second-order valence-corrected chi connectivity index (χ2v) is 8.45. The molecule has 4 N–H and O–H groups in total. The molecule has 1 aromatic carbocycles. The van der Waals surface area contributed by atoms with Gasteiger partial charge in [0.2, 0.25) is 5.91 Å². The molecule has 5 nitrogen and oxygen atoms in total. The largest absolute Gasteiger partial charge is 0.513 e. The highest BCUT2D eigenvalue weighted by Gasteiger charge is 2.22. The molecule has 1 aliphatic rings. The van der Waals surface area contributed by atoms with Crippen LogP contribution >= 0.6 is 0 Å². The van der Waals surface area contributed by atoms with E-state index in [4.69, 9.17) is 5.11 Å². The Morgan fingerprint density at radius 3 is 2.12 bits per heavy atom. The van der Waals surface area contributed by atoms with Gasteiger partial charge in [0.15, 0.2) is 0 Å². The van der Waals surface area contributed by atoms with Crippen molar-refractivity contribution < 1.29 is 15.0 Å². The van der Waals surface area contributed by atoms with E-state index in [0.29, 0.717) is 18.2 Å². The Morgan fingerprint density at radius 1 is 1.06 bits per heavy atom. The Bertz CT molecular complexity index is 860. The summed E-state index contributed by atoms with van der Waals surface area (Å²) in [6.07, 6.45) is 13.7. The van der Waals surface area contributed by atoms with E-state index in [0.717, 1.165) is 57.8 Å². The number of carbonyl (C=O) groups is 1. The Balaban J connectivity index is 0.00000281. The molecule has 1 amide bonds. The summed E-state index contributed by atoms with van der Waals surface area (Å²) in [6.45, 7) is 12.6. The summed E-state index contributed by atoms with van der Waals surface area (Å²) in [6, 6.07) is 5.31. The zero-order chi connectivity index (χ0) is 25.5. The summed E-state index contributed by atoms with van der Waals surface area (Å²) in [7, 11) is 1.00. The van der Waals surface area contributed by atoms with Gasteiger partial charge in [-0.25, -0.2) is 0 Å². The van der Waals surface area contributed by atoms with Crippen molar-refractivity contribution in [2.75, 3.05) is 13.7 Å². The summed E-state index contributed by atoms with van der Waals surface area (Å²) >= 11 is 0. The summed E-state index contributed by atoms with van der Waals surface area (Å²) in [4.78, 5) is 11.6. The average molecular weight is 469 g/mol. The first kappa shape index (κ1) is 29.4. The van der Waals surface area contributed by atoms with Crippen LogP contribution in [0.1, 0.15) is 69.2 Å². The van der Waals surface area contributed by atoms with Crippen LogP contribution in [-0.4, -0.2) is 35.8 Å². The van der Waals surface area contributed by atoms with Crippen molar-refractivity contribution in [2.24, 2.45) is 0 Å². The topological polar surface area (TPSA) is 81.6 Å². The van der Waals surface area contributed by atoms with Crippen molar-refractivity contribution in [3.05, 3.63) is 82.3 Å². The average Bonchev–Trinajstić information content (AvgIpc) is 3.25. The highest BCUT2D eigenvalue weighted by atomic mass is 16.3. The lowest BCUT2D eigenvalue weighted by Crippen LogP contribution is -2.30. The molecule has 188 valence electrons. The molecule has 2 rings (SSSR count). The Morgan fingerprint density at radius 2 is 1.65 bits per heavy atom. The van der Waals surface area contributed by atoms with E-state index >= 15 is 0 Å². The molecule has 0 heterocycles. The number of allylic oxidation sites excluding steroid dienone is 4. The molecule has 0 radical (unpaired) electrons. The van der Waals surface area contributed by atoms with Gasteiger partial charge in [-0.2, -0.15) is 0 Å². The smallest absolute Gasteiger partial charge is 0.247 e. The number of nitrogens with one attached hydrogen (secondary N) is 2. The van der Waals surface area contributed by atoms with Gasteiger partial charge in [-0.3, -0.25) is 4.79 Å². The number of aryl methyl sites for hydroxylation is 2. The van der Waals surface area contributed by atoms with Crippen molar-refractivity contribution >= 4 is 5.91 Å². The third kappa shape index (κ3) is 9.32. The molecule has 0 aliphatic heterocycles. The minimum atomic E-state index is -0.207. The second kappa shape index (κ2) is 16.1. The third-order valence-corrected chi connectivity index (χ3v) is 6.19. The Kier molecular flexibility index (Phi) is 13.9. The quantitative estimate of drug-likeness (QED) is 0.192. The van der Waals surface area contributed by atoms with E-state index in [2.05, 4.69) is 56.2 Å². The van der Waals surface area contributed by atoms with Crippen LogP contribution in [0.4, 0.5) is 0 Å². The second-order valence-electron chi connectivity index (χ2n) is 8.45. The molecule has 5 heteroatoms. The first-order valence-electron chi connectivity index (χ1n) is 12.4. The fourth-order valence-corrected chi connectivity index (χ4v) is 4.39. The molecule has 0 saturated heterocycles. The fourth-order valence-electron chi connectivity index (χ4n) is 4.39. The number of aliphatic hydroxyl groups excluding tert-OH is 2. The van der Waals surface area contributed by atoms with Gasteiger partial charge in [0.05, 0.1) is 5.76 Å². The lowest BCUT2D eigenvalue weighted by Gasteiger charge is -2.15. The van der Waals surface area contributed by atoms with Crippen LogP contribution in [0.2, 0.25) is 0 Å². The minimum absolute atomic E-state index is 0.207. The molecule has 1 aliphatic carbocycles. The zero-order valence-corrected chi connectivity index (χ0v) is 21.7. The number of amides is 1. The predicted molar refractivity (Wildman–Crippen MR) is 143 cm³/mol. The number of benzene rings is 1. The maximum atomic E-state index is 11.6. The molecule has 1 aromatic rings. The summed E-state index contributed by atoms with van der Waals surface area (Å²) in [5.74, 6) is 0.114. The molecule has 0 fully saturated rings. The van der Waals surface area contributed by atoms with Gasteiger partial charge in [-0.05, 0) is 104 Å². The molecule has 0 unspecified atom stereocenters. The molecule has 0 saturated carbocycles. The van der Waals surface area contributed by atoms with Crippen molar-refractivity contribution in [2.45, 2.75) is 78.7 Å². The van der Waals surface area contributed by atoms with Gasteiger partial charge in [0.1, 0.15) is 0 Å². The number of fused-ring (bicyclic) bond motifs is 1. The summed E-state index contributed by atoms with van der Waals surface area (Å²) < 4.78 is 0. The van der Waals surface area contributed by atoms with Gasteiger partial charge in [0, 0.05) is 19.4 Å². The standard InChI is InChI=1S/C28H40N2O2.CH4O/c1-6-21-15-25-17-27(18-26(25)16-22(21)7-2)29-14-13-24(12-10-11-20(5)31)23(8-3)19-30-28(32)9-4;1-2/h9,11-12,15-16,19,27,29,31H,4,6-8,10,13-14,17-18H2,1-3,5H3,(H,30,32);2H,1H3/b20-11+,23-19+,24-12?;. The Hall–Kier alpha value is -2.63. The SMILES string of the molecule is C=CC(=O)N/C=C(\CC)C(=CC/C=C(\C)O)CCNC1Cc2cc(CC)c(CC)cc2C1.CO. The highest BCUT2D eigenvalue weighted by molar-refractivity contribution is 5.87. The minimum Gasteiger partial charge on any atom is -0.513 e. The summed E-state index contributed by atoms with van der Waals surface area (Å²) in [5.41, 5.74) is 8.27. The normalized spacial score (nSPS) is 14.4. The number of hydrogen-bond acceptors (Lipinski definition) is 4. The summed E-state index contributed by atoms with van der Waals surface area (Å²) in [5, 5.41) is 23.0. The van der Waals surface area contributed by atoms with E-state index in [9.17, 15) is 9.90 Å². The van der Waals surface area contributed by atoms with E-state index in [-0.39, 0.29) is 5.91 Å². The van der Waals surface area contributed by atoms with Crippen LogP contribution < -0.4 is 10.6 Å². The van der Waals surface area contributed by atoms with Crippen LogP contribution in [0, 0.1) is 0 Å². The maximum Gasteiger partial charge on any atom is 0.247 e. The van der Waals surface area contributed by atoms with Crippen LogP contribution in [-0.2, 0) is 30.5 Å². The third-order valence-electron chi connectivity index (χ3n) is 6.19. The van der Waals surface area contributed by atoms with Crippen LogP contribution in [0.15, 0.2) is 60.0 Å². The van der Waals surface area contributed by atoms with Crippen molar-refractivity contribution in [3.8, 4) is 0 Å². The molecular formula is C29H44N2O3. The number of rotatable bonds is 12. The lowest BCUT2D eigenvalue weighted by molar-refractivity contribution is -0.115. The first-order chi connectivity index (χ1) is 16.4. The molecular weight excluding hydrogens is 424 g/mol. The number of hydrogen-bond donors (Lipinski definition) is 4. The van der Waals surface area contributed by atoms with Crippen molar-refractivity contribution in [1.82, 2.24) is 10.6 Å². The highest BCUT2D eigenvalue weighted by Crippen LogP contribution is 2.27. The zero-order valence-electron chi connectivity index (χ0n) is 21.7. The van der Waals surface area contributed by atoms with Gasteiger partial charge >= 0.3 is 0 Å². The van der Waals surface area contributed by atoms with Crippen molar-refractivity contribution in [3.63, 3.8) is 0 Å². The molecule has 0 spiro atoms. The van der Waals surface area contributed by atoms with E-state index in [1.807, 2.05) is 0 Å². The molecule has 0 aromatic heterocycles. The van der Waals surface area contributed by atoms with Gasteiger partial charge in [0.25, 0.3) is 0 Å². The Labute approximate surface area is 206 Å². The molecule has 34 heavy (non-hydrogen) atoms. The number of aliphatic hydroxyl groups is 2. The van der Waals surface area contributed by atoms with Gasteiger partial charge in [-0.15, -0.1) is 0 Å². The molecule has 0 atom stereocenters. The van der Waals surface area contributed by atoms with Crippen LogP contribution in [0.25, 0.3) is 0 Å². The number of carbonyl (C=O) groups excluding carboxylic acids is 1. The van der Waals surface area contributed by atoms with E-state index in [1.54, 1.807) is 19.2 Å². The first-order valence-corrected chi connectivity index (χ1v) is 12.4. The lowest BCUT2D eigenvalue weighted by atomic mass is 9.97. The van der Waals surface area contributed by atoms with E-state index < -0.39 is 0 Å². The monoisotopic (exact) mass is 468 g/mol. The van der Waals surface area contributed by atoms with Crippen LogP contribution in [0.5, 0.6) is 0 Å².